The Morgan fingerprint density at radius 2 is 1.83 bits per heavy atom. The maximum absolute atomic E-state index is 10.6. The Balaban J connectivity index is 1.42. The third-order valence-corrected chi connectivity index (χ3v) is 7.09. The first-order chi connectivity index (χ1) is 11.5. The van der Waals surface area contributed by atoms with E-state index in [1.165, 1.54) is 42.4 Å². The summed E-state index contributed by atoms with van der Waals surface area (Å²) in [6.07, 6.45) is 7.44. The highest BCUT2D eigenvalue weighted by Gasteiger charge is 2.46. The van der Waals surface area contributed by atoms with Crippen molar-refractivity contribution in [2.24, 2.45) is 0 Å². The van der Waals surface area contributed by atoms with E-state index in [1.807, 2.05) is 6.92 Å². The molecule has 1 aromatic rings. The largest absolute Gasteiger partial charge is 0.507 e. The molecule has 3 aliphatic rings. The van der Waals surface area contributed by atoms with Gasteiger partial charge in [-0.05, 0) is 101 Å². The molecule has 0 aromatic heterocycles. The van der Waals surface area contributed by atoms with Crippen molar-refractivity contribution in [1.82, 2.24) is 4.90 Å². The predicted molar refractivity (Wildman–Crippen MR) is 96.8 cm³/mol. The summed E-state index contributed by atoms with van der Waals surface area (Å²) in [6.45, 7) is 9.52. The summed E-state index contributed by atoms with van der Waals surface area (Å²) in [5.74, 6) is 1.04. The molecule has 1 atom stereocenters. The molecule has 1 aromatic carbocycles. The van der Waals surface area contributed by atoms with Crippen LogP contribution in [-0.4, -0.2) is 41.3 Å². The first kappa shape index (κ1) is 16.4. The van der Waals surface area contributed by atoms with Crippen molar-refractivity contribution >= 4 is 0 Å². The van der Waals surface area contributed by atoms with Gasteiger partial charge < -0.3 is 9.84 Å². The molecule has 1 saturated carbocycles. The number of hydrogen-bond donors (Lipinski definition) is 1. The molecule has 0 bridgehead atoms. The summed E-state index contributed by atoms with van der Waals surface area (Å²) in [5.41, 5.74) is 5.02. The van der Waals surface area contributed by atoms with Gasteiger partial charge in [0.25, 0.3) is 0 Å². The van der Waals surface area contributed by atoms with Crippen LogP contribution in [0.2, 0.25) is 0 Å². The number of aryl methyl sites for hydroxylation is 1. The third-order valence-electron chi connectivity index (χ3n) is 7.09. The second-order valence-electron chi connectivity index (χ2n) is 8.40. The minimum Gasteiger partial charge on any atom is -0.507 e. The Kier molecular flexibility index (Phi) is 4.12. The van der Waals surface area contributed by atoms with Crippen LogP contribution in [-0.2, 0) is 4.74 Å². The first-order valence-corrected chi connectivity index (χ1v) is 9.67. The molecule has 2 heterocycles. The van der Waals surface area contributed by atoms with Crippen LogP contribution in [0.1, 0.15) is 66.7 Å². The minimum absolute atomic E-state index is 0.255. The number of rotatable bonds is 2. The average Bonchev–Trinajstić information content (AvgIpc) is 3.02. The molecule has 3 nitrogen and oxygen atoms in total. The minimum atomic E-state index is 0.255. The number of aromatic hydroxyl groups is 1. The number of phenolic OH excluding ortho intramolecular Hbond substituents is 1. The summed E-state index contributed by atoms with van der Waals surface area (Å²) in [6, 6.07) is 2.85. The number of hydrogen-bond acceptors (Lipinski definition) is 3. The van der Waals surface area contributed by atoms with Crippen LogP contribution < -0.4 is 0 Å². The van der Waals surface area contributed by atoms with Gasteiger partial charge in [0.1, 0.15) is 5.75 Å². The molecule has 3 heteroatoms. The monoisotopic (exact) mass is 329 g/mol. The Morgan fingerprint density at radius 3 is 2.42 bits per heavy atom. The lowest BCUT2D eigenvalue weighted by Gasteiger charge is -2.39. The maximum atomic E-state index is 10.6. The van der Waals surface area contributed by atoms with Crippen LogP contribution >= 0.6 is 0 Å². The fourth-order valence-corrected chi connectivity index (χ4v) is 4.96. The molecule has 4 rings (SSSR count). The van der Waals surface area contributed by atoms with Gasteiger partial charge in [-0.1, -0.05) is 6.07 Å². The van der Waals surface area contributed by atoms with E-state index in [4.69, 9.17) is 4.74 Å². The number of ether oxygens (including phenoxy) is 1. The van der Waals surface area contributed by atoms with Crippen molar-refractivity contribution in [3.63, 3.8) is 0 Å². The summed E-state index contributed by atoms with van der Waals surface area (Å²) < 4.78 is 6.14. The average molecular weight is 329 g/mol. The fourth-order valence-electron chi connectivity index (χ4n) is 4.96. The van der Waals surface area contributed by atoms with Gasteiger partial charge in [0, 0.05) is 6.04 Å². The van der Waals surface area contributed by atoms with E-state index in [-0.39, 0.29) is 5.60 Å². The lowest BCUT2D eigenvalue weighted by molar-refractivity contribution is -0.0567. The van der Waals surface area contributed by atoms with Gasteiger partial charge >= 0.3 is 0 Å². The second-order valence-corrected chi connectivity index (χ2v) is 8.40. The smallest absolute Gasteiger partial charge is 0.122 e. The molecule has 2 aliphatic heterocycles. The Hall–Kier alpha value is -1.06. The maximum Gasteiger partial charge on any atom is 0.122 e. The van der Waals surface area contributed by atoms with Crippen LogP contribution in [0.15, 0.2) is 6.07 Å². The van der Waals surface area contributed by atoms with Crippen LogP contribution in [0.3, 0.4) is 0 Å². The van der Waals surface area contributed by atoms with Crippen molar-refractivity contribution in [3.8, 4) is 5.75 Å². The normalized spacial score (nSPS) is 27.5. The summed E-state index contributed by atoms with van der Waals surface area (Å²) in [5, 5.41) is 10.6. The van der Waals surface area contributed by atoms with E-state index < -0.39 is 0 Å². The van der Waals surface area contributed by atoms with Crippen molar-refractivity contribution in [1.29, 1.82) is 0 Å². The van der Waals surface area contributed by atoms with Crippen LogP contribution in [0.5, 0.6) is 5.75 Å². The van der Waals surface area contributed by atoms with Crippen molar-refractivity contribution in [3.05, 3.63) is 28.3 Å². The molecule has 0 unspecified atom stereocenters. The molecule has 3 fully saturated rings. The SMILES string of the molecule is Cc1cc(C2CCN([C@@H]3COC4(CCC4)C3)CC2)c(O)c(C)c1C. The molecule has 1 aliphatic carbocycles. The highest BCUT2D eigenvalue weighted by atomic mass is 16.5. The molecule has 0 radical (unpaired) electrons. The highest BCUT2D eigenvalue weighted by Crippen LogP contribution is 2.45. The Morgan fingerprint density at radius 1 is 1.12 bits per heavy atom. The van der Waals surface area contributed by atoms with E-state index in [0.29, 0.717) is 17.7 Å². The van der Waals surface area contributed by atoms with Gasteiger partial charge in [-0.2, -0.15) is 0 Å². The molecule has 1 N–H and O–H groups in total. The summed E-state index contributed by atoms with van der Waals surface area (Å²) >= 11 is 0. The number of phenols is 1. The van der Waals surface area contributed by atoms with Gasteiger partial charge in [0.05, 0.1) is 12.2 Å². The summed E-state index contributed by atoms with van der Waals surface area (Å²) in [7, 11) is 0. The second kappa shape index (κ2) is 6.03. The molecule has 2 saturated heterocycles. The molecule has 1 spiro atoms. The zero-order valence-electron chi connectivity index (χ0n) is 15.4. The van der Waals surface area contributed by atoms with Gasteiger partial charge in [0.2, 0.25) is 0 Å². The Bertz CT molecular complexity index is 627. The van der Waals surface area contributed by atoms with Crippen molar-refractivity contribution in [2.45, 2.75) is 76.9 Å². The van der Waals surface area contributed by atoms with Crippen LogP contribution in [0, 0.1) is 20.8 Å². The van der Waals surface area contributed by atoms with Gasteiger partial charge in [-0.25, -0.2) is 0 Å². The third kappa shape index (κ3) is 2.66. The van der Waals surface area contributed by atoms with E-state index in [0.717, 1.165) is 38.1 Å². The molecule has 132 valence electrons. The lowest BCUT2D eigenvalue weighted by atomic mass is 9.77. The first-order valence-electron chi connectivity index (χ1n) is 9.67. The highest BCUT2D eigenvalue weighted by molar-refractivity contribution is 5.49. The van der Waals surface area contributed by atoms with E-state index in [9.17, 15) is 5.11 Å². The van der Waals surface area contributed by atoms with Crippen LogP contribution in [0.4, 0.5) is 0 Å². The lowest BCUT2D eigenvalue weighted by Crippen LogP contribution is -2.43. The van der Waals surface area contributed by atoms with Gasteiger partial charge in [0.15, 0.2) is 0 Å². The molecular weight excluding hydrogens is 298 g/mol. The topological polar surface area (TPSA) is 32.7 Å². The Labute approximate surface area is 146 Å². The quantitative estimate of drug-likeness (QED) is 0.882. The van der Waals surface area contributed by atoms with E-state index in [2.05, 4.69) is 24.8 Å². The number of piperidine rings is 1. The van der Waals surface area contributed by atoms with Gasteiger partial charge in [-0.3, -0.25) is 4.90 Å². The molecule has 0 amide bonds. The number of nitrogens with zero attached hydrogens (tertiary/aromatic N) is 1. The fraction of sp³-hybridized carbons (Fsp3) is 0.714. The van der Waals surface area contributed by atoms with Crippen molar-refractivity contribution < 1.29 is 9.84 Å². The zero-order valence-corrected chi connectivity index (χ0v) is 15.4. The predicted octanol–water partition coefficient (Wildman–Crippen LogP) is 4.21. The standard InChI is InChI=1S/C21H31NO2/c1-14-11-19(20(23)16(3)15(14)2)17-5-9-22(10-6-17)18-12-21(24-13-18)7-4-8-21/h11,17-18,23H,4-10,12-13H2,1-3H3/t18-/m0/s1. The van der Waals surface area contributed by atoms with Gasteiger partial charge in [-0.15, -0.1) is 0 Å². The van der Waals surface area contributed by atoms with E-state index in [1.54, 1.807) is 0 Å². The van der Waals surface area contributed by atoms with Crippen molar-refractivity contribution in [2.75, 3.05) is 19.7 Å². The molecule has 24 heavy (non-hydrogen) atoms. The summed E-state index contributed by atoms with van der Waals surface area (Å²) in [4.78, 5) is 2.65. The zero-order chi connectivity index (χ0) is 16.9. The van der Waals surface area contributed by atoms with E-state index >= 15 is 0 Å². The van der Waals surface area contributed by atoms with Crippen LogP contribution in [0.25, 0.3) is 0 Å². The number of benzene rings is 1. The molecular formula is C21H31NO2. The number of likely N-dealkylation sites (tertiary alicyclic amines) is 1.